The molecule has 4 nitrogen and oxygen atoms in total. The lowest BCUT2D eigenvalue weighted by molar-refractivity contribution is -0.141. The van der Waals surface area contributed by atoms with Crippen molar-refractivity contribution in [3.8, 4) is 0 Å². The number of amides is 1. The van der Waals surface area contributed by atoms with Crippen LogP contribution in [0, 0.1) is 9.49 Å². The van der Waals surface area contributed by atoms with Gasteiger partial charge in [-0.15, -0.1) is 0 Å². The van der Waals surface area contributed by atoms with Crippen LogP contribution in [0.2, 0.25) is 0 Å². The maximum absolute atomic E-state index is 12.2. The number of hydrogen-bond donors (Lipinski definition) is 2. The van der Waals surface area contributed by atoms with Crippen molar-refractivity contribution < 1.29 is 14.7 Å². The summed E-state index contributed by atoms with van der Waals surface area (Å²) in [6.07, 6.45) is 1.88. The van der Waals surface area contributed by atoms with Crippen LogP contribution >= 0.6 is 38.5 Å². The third-order valence-corrected chi connectivity index (χ3v) is 4.65. The van der Waals surface area contributed by atoms with Crippen LogP contribution in [-0.4, -0.2) is 23.0 Å². The lowest BCUT2D eigenvalue weighted by Gasteiger charge is -2.13. The first-order valence-electron chi connectivity index (χ1n) is 5.96. The summed E-state index contributed by atoms with van der Waals surface area (Å²) in [7, 11) is 0. The molecule has 6 heteroatoms. The van der Waals surface area contributed by atoms with Crippen LogP contribution in [0.1, 0.15) is 29.6 Å². The Labute approximate surface area is 133 Å². The number of hydrogen-bond acceptors (Lipinski definition) is 2. The third kappa shape index (κ3) is 3.68. The molecule has 2 N–H and O–H groups in total. The van der Waals surface area contributed by atoms with Crippen molar-refractivity contribution in [2.75, 3.05) is 0 Å². The summed E-state index contributed by atoms with van der Waals surface area (Å²) < 4.78 is 1.74. The van der Waals surface area contributed by atoms with Gasteiger partial charge in [0, 0.05) is 14.1 Å². The fourth-order valence-corrected chi connectivity index (χ4v) is 3.19. The zero-order valence-corrected chi connectivity index (χ0v) is 13.8. The molecule has 0 aliphatic heterocycles. The summed E-state index contributed by atoms with van der Waals surface area (Å²) in [5.41, 5.74) is 0.589. The zero-order chi connectivity index (χ0) is 14.0. The zero-order valence-electron chi connectivity index (χ0n) is 10.0. The average Bonchev–Trinajstić information content (AvgIpc) is 2.80. The van der Waals surface area contributed by atoms with Crippen LogP contribution in [0.4, 0.5) is 0 Å². The van der Waals surface area contributed by atoms with E-state index < -0.39 is 5.97 Å². The van der Waals surface area contributed by atoms with Gasteiger partial charge in [-0.3, -0.25) is 9.59 Å². The number of halogens is 2. The van der Waals surface area contributed by atoms with Crippen LogP contribution in [-0.2, 0) is 4.79 Å². The van der Waals surface area contributed by atoms with Crippen molar-refractivity contribution in [1.29, 1.82) is 0 Å². The first-order valence-corrected chi connectivity index (χ1v) is 7.83. The van der Waals surface area contributed by atoms with Crippen molar-refractivity contribution in [2.45, 2.75) is 25.3 Å². The molecular weight excluding hydrogens is 425 g/mol. The van der Waals surface area contributed by atoms with Crippen LogP contribution in [0.5, 0.6) is 0 Å². The molecule has 0 saturated heterocycles. The second kappa shape index (κ2) is 6.21. The Bertz CT molecular complexity index is 521. The number of carbonyl (C=O) groups excluding carboxylic acids is 1. The minimum atomic E-state index is -0.771. The summed E-state index contributed by atoms with van der Waals surface area (Å²) in [6, 6.07) is 5.52. The van der Waals surface area contributed by atoms with Gasteiger partial charge in [-0.2, -0.15) is 0 Å². The fraction of sp³-hybridized carbons (Fsp3) is 0.385. The molecule has 1 aliphatic carbocycles. The highest BCUT2D eigenvalue weighted by molar-refractivity contribution is 14.1. The normalized spacial score (nSPS) is 22.2. The molecule has 0 radical (unpaired) electrons. The average molecular weight is 438 g/mol. The van der Waals surface area contributed by atoms with Gasteiger partial charge < -0.3 is 10.4 Å². The van der Waals surface area contributed by atoms with E-state index in [1.807, 2.05) is 18.2 Å². The van der Waals surface area contributed by atoms with Gasteiger partial charge in [-0.05, 0) is 76.0 Å². The molecule has 2 rings (SSSR count). The van der Waals surface area contributed by atoms with Gasteiger partial charge in [0.05, 0.1) is 11.5 Å². The predicted octanol–water partition coefficient (Wildman–Crippen LogP) is 3.04. The van der Waals surface area contributed by atoms with E-state index in [2.05, 4.69) is 43.8 Å². The number of carboxylic acid groups (broad SMARTS) is 1. The SMILES string of the molecule is O=C(N[C@H]1CC[C@@H](C(=O)O)C1)c1cc(I)ccc1Br. The highest BCUT2D eigenvalue weighted by atomic mass is 127. The number of carbonyl (C=O) groups is 2. The number of benzene rings is 1. The van der Waals surface area contributed by atoms with Crippen LogP contribution < -0.4 is 5.32 Å². The smallest absolute Gasteiger partial charge is 0.306 e. The quantitative estimate of drug-likeness (QED) is 0.714. The molecular formula is C13H13BrINO3. The second-order valence-electron chi connectivity index (χ2n) is 4.64. The minimum absolute atomic E-state index is 0.0432. The molecule has 0 unspecified atom stereocenters. The molecule has 102 valence electrons. The Kier molecular flexibility index (Phi) is 4.83. The first kappa shape index (κ1) is 14.8. The van der Waals surface area contributed by atoms with Gasteiger partial charge in [0.2, 0.25) is 0 Å². The number of nitrogens with one attached hydrogen (secondary N) is 1. The summed E-state index contributed by atoms with van der Waals surface area (Å²) >= 11 is 5.51. The van der Waals surface area contributed by atoms with Gasteiger partial charge in [0.1, 0.15) is 0 Å². The highest BCUT2D eigenvalue weighted by Gasteiger charge is 2.30. The Morgan fingerprint density at radius 2 is 2.11 bits per heavy atom. The molecule has 19 heavy (non-hydrogen) atoms. The second-order valence-corrected chi connectivity index (χ2v) is 6.74. The fourth-order valence-electron chi connectivity index (χ4n) is 2.27. The number of rotatable bonds is 3. The van der Waals surface area contributed by atoms with E-state index in [0.29, 0.717) is 18.4 Å². The standard InChI is InChI=1S/C13H13BrINO3/c14-11-4-2-8(15)6-10(11)12(17)16-9-3-1-7(5-9)13(18)19/h2,4,6-7,9H,1,3,5H2,(H,16,17)(H,18,19)/t7-,9+/m1/s1. The van der Waals surface area contributed by atoms with Crippen molar-refractivity contribution >= 4 is 50.4 Å². The van der Waals surface area contributed by atoms with Crippen molar-refractivity contribution in [3.05, 3.63) is 31.8 Å². The molecule has 0 spiro atoms. The van der Waals surface area contributed by atoms with Crippen molar-refractivity contribution in [3.63, 3.8) is 0 Å². The number of carboxylic acids is 1. The van der Waals surface area contributed by atoms with Gasteiger partial charge in [-0.1, -0.05) is 0 Å². The van der Waals surface area contributed by atoms with Gasteiger partial charge in [0.25, 0.3) is 5.91 Å². The molecule has 1 aromatic carbocycles. The van der Waals surface area contributed by atoms with E-state index in [0.717, 1.165) is 14.5 Å². The Morgan fingerprint density at radius 3 is 2.74 bits per heavy atom. The van der Waals surface area contributed by atoms with Gasteiger partial charge in [-0.25, -0.2) is 0 Å². The van der Waals surface area contributed by atoms with E-state index >= 15 is 0 Å². The molecule has 1 fully saturated rings. The van der Waals surface area contributed by atoms with Crippen LogP contribution in [0.15, 0.2) is 22.7 Å². The van der Waals surface area contributed by atoms with E-state index in [4.69, 9.17) is 5.11 Å². The Hall–Kier alpha value is -0.630. The predicted molar refractivity (Wildman–Crippen MR) is 83.1 cm³/mol. The van der Waals surface area contributed by atoms with E-state index in [1.165, 1.54) is 0 Å². The summed E-state index contributed by atoms with van der Waals surface area (Å²) in [6.45, 7) is 0. The molecule has 2 atom stereocenters. The third-order valence-electron chi connectivity index (χ3n) is 3.29. The van der Waals surface area contributed by atoms with Crippen molar-refractivity contribution in [2.24, 2.45) is 5.92 Å². The molecule has 1 saturated carbocycles. The summed E-state index contributed by atoms with van der Waals surface area (Å²) in [5, 5.41) is 11.9. The minimum Gasteiger partial charge on any atom is -0.481 e. The summed E-state index contributed by atoms with van der Waals surface area (Å²) in [4.78, 5) is 23.0. The first-order chi connectivity index (χ1) is 8.97. The molecule has 0 heterocycles. The molecule has 1 aliphatic rings. The van der Waals surface area contributed by atoms with Crippen LogP contribution in [0.25, 0.3) is 0 Å². The van der Waals surface area contributed by atoms with E-state index in [1.54, 1.807) is 0 Å². The molecule has 0 aromatic heterocycles. The van der Waals surface area contributed by atoms with Gasteiger partial charge >= 0.3 is 5.97 Å². The molecule has 1 aromatic rings. The van der Waals surface area contributed by atoms with E-state index in [9.17, 15) is 9.59 Å². The Morgan fingerprint density at radius 1 is 1.37 bits per heavy atom. The molecule has 0 bridgehead atoms. The van der Waals surface area contributed by atoms with Crippen molar-refractivity contribution in [1.82, 2.24) is 5.32 Å². The lowest BCUT2D eigenvalue weighted by atomic mass is 10.1. The van der Waals surface area contributed by atoms with E-state index in [-0.39, 0.29) is 17.9 Å². The largest absolute Gasteiger partial charge is 0.481 e. The lowest BCUT2D eigenvalue weighted by Crippen LogP contribution is -2.33. The summed E-state index contributed by atoms with van der Waals surface area (Å²) in [5.74, 6) is -1.25. The maximum Gasteiger partial charge on any atom is 0.306 e. The molecule has 1 amide bonds. The topological polar surface area (TPSA) is 66.4 Å². The van der Waals surface area contributed by atoms with Crippen LogP contribution in [0.3, 0.4) is 0 Å². The Balaban J connectivity index is 2.02. The maximum atomic E-state index is 12.2. The monoisotopic (exact) mass is 437 g/mol. The highest BCUT2D eigenvalue weighted by Crippen LogP contribution is 2.26. The number of aliphatic carboxylic acids is 1. The van der Waals surface area contributed by atoms with Gasteiger partial charge in [0.15, 0.2) is 0 Å².